The SMILES string of the molecule is COCCN1C(=O)COCc2ccc(-c3ccc(OC)c(OC)c3)cc21. The molecular weight excluding hydrogens is 334 g/mol. The Morgan fingerprint density at radius 1 is 0.962 bits per heavy atom. The quantitative estimate of drug-likeness (QED) is 0.796. The molecule has 0 radical (unpaired) electrons. The molecule has 0 saturated carbocycles. The van der Waals surface area contributed by atoms with Crippen LogP contribution in [0, 0.1) is 0 Å². The van der Waals surface area contributed by atoms with Gasteiger partial charge in [-0.3, -0.25) is 4.79 Å². The van der Waals surface area contributed by atoms with E-state index in [0.29, 0.717) is 31.3 Å². The van der Waals surface area contributed by atoms with Crippen molar-refractivity contribution in [2.75, 3.05) is 46.0 Å². The van der Waals surface area contributed by atoms with Gasteiger partial charge in [0.15, 0.2) is 11.5 Å². The Morgan fingerprint density at radius 3 is 2.42 bits per heavy atom. The summed E-state index contributed by atoms with van der Waals surface area (Å²) >= 11 is 0. The van der Waals surface area contributed by atoms with Gasteiger partial charge in [-0.1, -0.05) is 18.2 Å². The van der Waals surface area contributed by atoms with Crippen LogP contribution in [0.5, 0.6) is 11.5 Å². The number of benzene rings is 2. The predicted octanol–water partition coefficient (Wildman–Crippen LogP) is 2.88. The minimum atomic E-state index is -0.0646. The highest BCUT2D eigenvalue weighted by molar-refractivity contribution is 5.96. The maximum atomic E-state index is 12.4. The number of hydrogen-bond donors (Lipinski definition) is 0. The number of rotatable bonds is 6. The number of fused-ring (bicyclic) bond motifs is 1. The van der Waals surface area contributed by atoms with Crippen molar-refractivity contribution in [3.8, 4) is 22.6 Å². The first-order valence-corrected chi connectivity index (χ1v) is 8.40. The Bertz CT molecular complexity index is 790. The number of hydrogen-bond acceptors (Lipinski definition) is 5. The molecule has 0 atom stereocenters. The minimum absolute atomic E-state index is 0.0646. The maximum absolute atomic E-state index is 12.4. The van der Waals surface area contributed by atoms with Crippen LogP contribution in [-0.4, -0.2) is 47.0 Å². The minimum Gasteiger partial charge on any atom is -0.493 e. The number of nitrogens with zero attached hydrogens (tertiary/aromatic N) is 1. The molecule has 6 nitrogen and oxygen atoms in total. The van der Waals surface area contributed by atoms with E-state index in [1.165, 1.54) is 0 Å². The molecule has 0 bridgehead atoms. The fraction of sp³-hybridized carbons (Fsp3) is 0.350. The highest BCUT2D eigenvalue weighted by Crippen LogP contribution is 2.35. The Labute approximate surface area is 153 Å². The molecule has 0 unspecified atom stereocenters. The van der Waals surface area contributed by atoms with E-state index in [1.807, 2.05) is 36.4 Å². The number of anilines is 1. The van der Waals surface area contributed by atoms with Crippen molar-refractivity contribution in [2.45, 2.75) is 6.61 Å². The van der Waals surface area contributed by atoms with Crippen molar-refractivity contribution in [2.24, 2.45) is 0 Å². The van der Waals surface area contributed by atoms with Crippen molar-refractivity contribution >= 4 is 11.6 Å². The molecule has 1 aliphatic rings. The highest BCUT2D eigenvalue weighted by Gasteiger charge is 2.23. The standard InChI is InChI=1S/C20H23NO5/c1-23-9-8-21-17-10-14(4-5-16(17)12-26-13-20(21)22)15-6-7-18(24-2)19(11-15)25-3/h4-7,10-11H,8-9,12-13H2,1-3H3. The van der Waals surface area contributed by atoms with Crippen LogP contribution in [0.25, 0.3) is 11.1 Å². The van der Waals surface area contributed by atoms with Gasteiger partial charge < -0.3 is 23.8 Å². The molecule has 138 valence electrons. The van der Waals surface area contributed by atoms with E-state index in [0.717, 1.165) is 22.4 Å². The number of methoxy groups -OCH3 is 3. The van der Waals surface area contributed by atoms with Crippen LogP contribution in [0.2, 0.25) is 0 Å². The van der Waals surface area contributed by atoms with E-state index in [4.69, 9.17) is 18.9 Å². The highest BCUT2D eigenvalue weighted by atomic mass is 16.5. The normalized spacial score (nSPS) is 14.0. The molecule has 1 heterocycles. The van der Waals surface area contributed by atoms with Gasteiger partial charge in [0, 0.05) is 24.9 Å². The van der Waals surface area contributed by atoms with Gasteiger partial charge >= 0.3 is 0 Å². The van der Waals surface area contributed by atoms with Gasteiger partial charge in [-0.05, 0) is 29.3 Å². The lowest BCUT2D eigenvalue weighted by molar-refractivity contribution is -0.123. The molecule has 2 aromatic carbocycles. The van der Waals surface area contributed by atoms with E-state index >= 15 is 0 Å². The average Bonchev–Trinajstić information content (AvgIpc) is 2.83. The second-order valence-corrected chi connectivity index (χ2v) is 5.94. The molecule has 3 rings (SSSR count). The molecule has 0 spiro atoms. The molecule has 0 fully saturated rings. The van der Waals surface area contributed by atoms with Gasteiger partial charge in [-0.25, -0.2) is 0 Å². The van der Waals surface area contributed by atoms with Gasteiger partial charge in [-0.15, -0.1) is 0 Å². The van der Waals surface area contributed by atoms with Crippen LogP contribution < -0.4 is 14.4 Å². The molecule has 1 amide bonds. The predicted molar refractivity (Wildman–Crippen MR) is 98.9 cm³/mol. The van der Waals surface area contributed by atoms with Crippen LogP contribution in [0.3, 0.4) is 0 Å². The summed E-state index contributed by atoms with van der Waals surface area (Å²) in [5.41, 5.74) is 3.81. The van der Waals surface area contributed by atoms with E-state index in [9.17, 15) is 4.79 Å². The van der Waals surface area contributed by atoms with Crippen molar-refractivity contribution in [1.29, 1.82) is 0 Å². The molecule has 0 saturated heterocycles. The molecule has 0 aliphatic carbocycles. The van der Waals surface area contributed by atoms with Crippen molar-refractivity contribution in [3.63, 3.8) is 0 Å². The zero-order valence-corrected chi connectivity index (χ0v) is 15.3. The Kier molecular flexibility index (Phi) is 5.75. The van der Waals surface area contributed by atoms with E-state index in [1.54, 1.807) is 26.2 Å². The van der Waals surface area contributed by atoms with Crippen LogP contribution in [0.1, 0.15) is 5.56 Å². The molecule has 6 heteroatoms. The van der Waals surface area contributed by atoms with E-state index < -0.39 is 0 Å². The average molecular weight is 357 g/mol. The summed E-state index contributed by atoms with van der Waals surface area (Å²) in [6, 6.07) is 11.8. The van der Waals surface area contributed by atoms with Gasteiger partial charge in [0.2, 0.25) is 0 Å². The zero-order valence-electron chi connectivity index (χ0n) is 15.3. The summed E-state index contributed by atoms with van der Waals surface area (Å²) in [7, 11) is 4.85. The fourth-order valence-corrected chi connectivity index (χ4v) is 3.02. The van der Waals surface area contributed by atoms with Crippen LogP contribution >= 0.6 is 0 Å². The number of amides is 1. The fourth-order valence-electron chi connectivity index (χ4n) is 3.02. The van der Waals surface area contributed by atoms with Crippen LogP contribution in [0.4, 0.5) is 5.69 Å². The monoisotopic (exact) mass is 357 g/mol. The smallest absolute Gasteiger partial charge is 0.253 e. The summed E-state index contributed by atoms with van der Waals surface area (Å²) in [6.45, 7) is 1.44. The third-order valence-corrected chi connectivity index (χ3v) is 4.40. The molecule has 2 aromatic rings. The third kappa shape index (κ3) is 3.66. The largest absolute Gasteiger partial charge is 0.493 e. The summed E-state index contributed by atoms with van der Waals surface area (Å²) < 4.78 is 21.3. The zero-order chi connectivity index (χ0) is 18.5. The topological polar surface area (TPSA) is 57.2 Å². The first kappa shape index (κ1) is 18.2. The third-order valence-electron chi connectivity index (χ3n) is 4.40. The van der Waals surface area contributed by atoms with Gasteiger partial charge in [0.25, 0.3) is 5.91 Å². The lowest BCUT2D eigenvalue weighted by Gasteiger charge is -2.23. The molecule has 0 aromatic heterocycles. The van der Waals surface area contributed by atoms with Crippen molar-refractivity contribution in [1.82, 2.24) is 0 Å². The Hall–Kier alpha value is -2.57. The van der Waals surface area contributed by atoms with E-state index in [-0.39, 0.29) is 12.5 Å². The molecule has 0 N–H and O–H groups in total. The van der Waals surface area contributed by atoms with Gasteiger partial charge in [0.1, 0.15) is 6.61 Å². The van der Waals surface area contributed by atoms with Crippen LogP contribution in [-0.2, 0) is 20.9 Å². The summed E-state index contributed by atoms with van der Waals surface area (Å²) in [5.74, 6) is 1.28. The molecular formula is C20H23NO5. The summed E-state index contributed by atoms with van der Waals surface area (Å²) in [6.07, 6.45) is 0. The van der Waals surface area contributed by atoms with Crippen molar-refractivity contribution in [3.05, 3.63) is 42.0 Å². The lowest BCUT2D eigenvalue weighted by Crippen LogP contribution is -2.35. The second-order valence-electron chi connectivity index (χ2n) is 5.94. The maximum Gasteiger partial charge on any atom is 0.253 e. The first-order valence-electron chi connectivity index (χ1n) is 8.40. The van der Waals surface area contributed by atoms with Crippen LogP contribution in [0.15, 0.2) is 36.4 Å². The lowest BCUT2D eigenvalue weighted by atomic mass is 10.0. The molecule has 1 aliphatic heterocycles. The van der Waals surface area contributed by atoms with Crippen molar-refractivity contribution < 1.29 is 23.7 Å². The van der Waals surface area contributed by atoms with E-state index in [2.05, 4.69) is 0 Å². The number of carbonyl (C=O) groups excluding carboxylic acids is 1. The first-order chi connectivity index (χ1) is 12.7. The molecule has 26 heavy (non-hydrogen) atoms. The number of carbonyl (C=O) groups is 1. The van der Waals surface area contributed by atoms with Gasteiger partial charge in [0.05, 0.1) is 27.4 Å². The Balaban J connectivity index is 2.02. The Morgan fingerprint density at radius 2 is 1.69 bits per heavy atom. The summed E-state index contributed by atoms with van der Waals surface area (Å²) in [4.78, 5) is 14.2. The number of ether oxygens (including phenoxy) is 4. The second kappa shape index (κ2) is 8.21. The summed E-state index contributed by atoms with van der Waals surface area (Å²) in [5, 5.41) is 0. The van der Waals surface area contributed by atoms with Gasteiger partial charge in [-0.2, -0.15) is 0 Å².